The first kappa shape index (κ1) is 17.0. The lowest BCUT2D eigenvalue weighted by Crippen LogP contribution is -2.47. The Hall–Kier alpha value is -2.85. The summed E-state index contributed by atoms with van der Waals surface area (Å²) < 4.78 is 2.94. The van der Waals surface area contributed by atoms with Crippen LogP contribution in [0.25, 0.3) is 0 Å². The van der Waals surface area contributed by atoms with Gasteiger partial charge in [-0.2, -0.15) is 5.26 Å². The number of hydrogen-bond acceptors (Lipinski definition) is 5. The summed E-state index contributed by atoms with van der Waals surface area (Å²) in [7, 11) is 1.59. The van der Waals surface area contributed by atoms with Gasteiger partial charge < -0.3 is 10.6 Å². The molecule has 0 aliphatic carbocycles. The second-order valence-corrected chi connectivity index (χ2v) is 6.43. The van der Waals surface area contributed by atoms with Crippen molar-refractivity contribution in [3.05, 3.63) is 57.4 Å². The molecule has 0 amide bonds. The molecule has 1 aliphatic rings. The van der Waals surface area contributed by atoms with Crippen molar-refractivity contribution in [3.8, 4) is 6.07 Å². The van der Waals surface area contributed by atoms with Crippen LogP contribution in [0.3, 0.4) is 0 Å². The lowest BCUT2D eigenvalue weighted by molar-refractivity contribution is 0.490. The first-order chi connectivity index (χ1) is 12.0. The van der Waals surface area contributed by atoms with E-state index in [0.29, 0.717) is 17.9 Å². The van der Waals surface area contributed by atoms with Gasteiger partial charge in [-0.05, 0) is 24.5 Å². The molecular formula is C18H22N6O. The van der Waals surface area contributed by atoms with Gasteiger partial charge >= 0.3 is 5.69 Å². The molecule has 7 heteroatoms. The maximum absolute atomic E-state index is 12.8. The molecule has 0 bridgehead atoms. The van der Waals surface area contributed by atoms with Crippen molar-refractivity contribution in [3.63, 3.8) is 0 Å². The molecular weight excluding hydrogens is 316 g/mol. The zero-order valence-corrected chi connectivity index (χ0v) is 14.3. The Kier molecular flexibility index (Phi) is 4.72. The van der Waals surface area contributed by atoms with E-state index in [1.807, 2.05) is 18.2 Å². The van der Waals surface area contributed by atoms with E-state index in [0.717, 1.165) is 24.9 Å². The zero-order valence-electron chi connectivity index (χ0n) is 14.3. The lowest BCUT2D eigenvalue weighted by Gasteiger charge is -2.34. The minimum absolute atomic E-state index is 0.0619. The monoisotopic (exact) mass is 338 g/mol. The maximum Gasteiger partial charge on any atom is 0.331 e. The van der Waals surface area contributed by atoms with E-state index in [1.54, 1.807) is 23.7 Å². The molecule has 0 spiro atoms. The summed E-state index contributed by atoms with van der Waals surface area (Å²) >= 11 is 0. The summed E-state index contributed by atoms with van der Waals surface area (Å²) in [6.07, 6.45) is 1.92. The highest BCUT2D eigenvalue weighted by molar-refractivity contribution is 5.42. The normalized spacial score (nSPS) is 17.3. The van der Waals surface area contributed by atoms with Crippen LogP contribution in [0.4, 0.5) is 5.82 Å². The van der Waals surface area contributed by atoms with E-state index in [4.69, 9.17) is 11.1 Å². The molecule has 0 saturated carbocycles. The van der Waals surface area contributed by atoms with Gasteiger partial charge in [-0.25, -0.2) is 4.79 Å². The number of nitrogens with zero attached hydrogens (tertiary/aromatic N) is 4. The quantitative estimate of drug-likeness (QED) is 0.851. The fraction of sp³-hybridized carbons (Fsp3) is 0.389. The second-order valence-electron chi connectivity index (χ2n) is 6.43. The molecule has 1 atom stereocenters. The Labute approximate surface area is 146 Å². The van der Waals surface area contributed by atoms with Gasteiger partial charge in [0.2, 0.25) is 0 Å². The average molecular weight is 338 g/mol. The Morgan fingerprint density at radius 1 is 1.40 bits per heavy atom. The summed E-state index contributed by atoms with van der Waals surface area (Å²) in [6, 6.07) is 11.2. The predicted molar refractivity (Wildman–Crippen MR) is 95.2 cm³/mol. The summed E-state index contributed by atoms with van der Waals surface area (Å²) in [4.78, 5) is 14.9. The van der Waals surface area contributed by atoms with Gasteiger partial charge in [0.15, 0.2) is 0 Å². The molecule has 1 aromatic carbocycles. The van der Waals surface area contributed by atoms with Crippen molar-refractivity contribution in [2.45, 2.75) is 25.4 Å². The minimum atomic E-state index is -0.269. The number of aromatic nitrogens is 2. The lowest BCUT2D eigenvalue weighted by atomic mass is 10.1. The van der Waals surface area contributed by atoms with Gasteiger partial charge in [0, 0.05) is 32.2 Å². The average Bonchev–Trinajstić information content (AvgIpc) is 2.62. The van der Waals surface area contributed by atoms with Crippen LogP contribution in [0, 0.1) is 16.7 Å². The topological polar surface area (TPSA) is 104 Å². The molecule has 1 aliphatic heterocycles. The van der Waals surface area contributed by atoms with Crippen molar-refractivity contribution in [1.29, 1.82) is 10.7 Å². The van der Waals surface area contributed by atoms with E-state index in [1.165, 1.54) is 4.57 Å². The van der Waals surface area contributed by atoms with Crippen LogP contribution < -0.4 is 21.8 Å². The largest absolute Gasteiger partial charge is 0.356 e. The Morgan fingerprint density at radius 3 is 2.88 bits per heavy atom. The van der Waals surface area contributed by atoms with Crippen LogP contribution in [0.2, 0.25) is 0 Å². The standard InChI is InChI=1S/C18H22N6O/c1-22-16(21)9-17(23-8-4-7-15(20)12-23)24(18(22)25)11-14-6-3-2-5-13(14)10-19/h2-3,5-6,9,15,21H,4,7-8,11-12,20H2,1H3/t15-/m1/s1. The van der Waals surface area contributed by atoms with Gasteiger partial charge in [-0.1, -0.05) is 18.2 Å². The molecule has 25 heavy (non-hydrogen) atoms. The Morgan fingerprint density at radius 2 is 2.16 bits per heavy atom. The summed E-state index contributed by atoms with van der Waals surface area (Å²) in [6.45, 7) is 1.75. The van der Waals surface area contributed by atoms with Crippen molar-refractivity contribution >= 4 is 5.82 Å². The minimum Gasteiger partial charge on any atom is -0.356 e. The summed E-state index contributed by atoms with van der Waals surface area (Å²) in [5, 5.41) is 17.4. The highest BCUT2D eigenvalue weighted by Gasteiger charge is 2.21. The van der Waals surface area contributed by atoms with E-state index in [2.05, 4.69) is 11.0 Å². The first-order valence-electron chi connectivity index (χ1n) is 8.35. The van der Waals surface area contributed by atoms with Gasteiger partial charge in [-0.15, -0.1) is 0 Å². The van der Waals surface area contributed by atoms with Gasteiger partial charge in [0.25, 0.3) is 0 Å². The molecule has 7 nitrogen and oxygen atoms in total. The molecule has 1 aromatic heterocycles. The molecule has 130 valence electrons. The molecule has 0 unspecified atom stereocenters. The van der Waals surface area contributed by atoms with Gasteiger partial charge in [0.05, 0.1) is 18.2 Å². The third kappa shape index (κ3) is 3.35. The number of piperidine rings is 1. The van der Waals surface area contributed by atoms with Crippen LogP contribution in [0.1, 0.15) is 24.0 Å². The van der Waals surface area contributed by atoms with Crippen molar-refractivity contribution in [2.24, 2.45) is 12.8 Å². The van der Waals surface area contributed by atoms with Crippen molar-refractivity contribution < 1.29 is 0 Å². The van der Waals surface area contributed by atoms with Crippen molar-refractivity contribution in [2.75, 3.05) is 18.0 Å². The van der Waals surface area contributed by atoms with E-state index in [9.17, 15) is 10.1 Å². The van der Waals surface area contributed by atoms with Gasteiger partial charge in [0.1, 0.15) is 11.3 Å². The maximum atomic E-state index is 12.8. The summed E-state index contributed by atoms with van der Waals surface area (Å²) in [5.74, 6) is 0.691. The molecule has 3 N–H and O–H groups in total. The third-order valence-electron chi connectivity index (χ3n) is 4.67. The zero-order chi connectivity index (χ0) is 18.0. The van der Waals surface area contributed by atoms with E-state index >= 15 is 0 Å². The number of nitrogens with one attached hydrogen (secondary N) is 1. The number of anilines is 1. The fourth-order valence-corrected chi connectivity index (χ4v) is 3.25. The van der Waals surface area contributed by atoms with Crippen LogP contribution in [-0.2, 0) is 13.6 Å². The third-order valence-corrected chi connectivity index (χ3v) is 4.67. The molecule has 2 aromatic rings. The van der Waals surface area contributed by atoms with Gasteiger partial charge in [-0.3, -0.25) is 14.5 Å². The molecule has 2 heterocycles. The molecule has 1 saturated heterocycles. The number of nitrogens with two attached hydrogens (primary N) is 1. The highest BCUT2D eigenvalue weighted by atomic mass is 16.1. The number of rotatable bonds is 3. The number of nitriles is 1. The smallest absolute Gasteiger partial charge is 0.331 e. The molecule has 0 radical (unpaired) electrons. The van der Waals surface area contributed by atoms with E-state index in [-0.39, 0.29) is 23.8 Å². The molecule has 1 fully saturated rings. The van der Waals surface area contributed by atoms with Crippen LogP contribution in [0.15, 0.2) is 35.1 Å². The Balaban J connectivity index is 2.11. The number of hydrogen-bond donors (Lipinski definition) is 2. The highest BCUT2D eigenvalue weighted by Crippen LogP contribution is 2.19. The first-order valence-corrected chi connectivity index (χ1v) is 8.35. The van der Waals surface area contributed by atoms with Crippen molar-refractivity contribution in [1.82, 2.24) is 9.13 Å². The Bertz CT molecular complexity index is 936. The fourth-order valence-electron chi connectivity index (χ4n) is 3.25. The van der Waals surface area contributed by atoms with E-state index < -0.39 is 0 Å². The predicted octanol–water partition coefficient (Wildman–Crippen LogP) is 0.514. The van der Waals surface area contributed by atoms with Crippen LogP contribution in [-0.4, -0.2) is 28.3 Å². The number of benzene rings is 1. The SMILES string of the molecule is Cn1c(=N)cc(N2CCC[C@@H](N)C2)n(Cc2ccccc2C#N)c1=O. The van der Waals surface area contributed by atoms with Crippen LogP contribution >= 0.6 is 0 Å². The second kappa shape index (κ2) is 6.95. The summed E-state index contributed by atoms with van der Waals surface area (Å²) in [5.41, 5.74) is 7.31. The van der Waals surface area contributed by atoms with Crippen LogP contribution in [0.5, 0.6) is 0 Å². The molecule has 3 rings (SSSR count).